The molecule has 1 atom stereocenters. The predicted octanol–water partition coefficient (Wildman–Crippen LogP) is 1.89. The summed E-state index contributed by atoms with van der Waals surface area (Å²) >= 11 is 1.58. The van der Waals surface area contributed by atoms with Crippen molar-refractivity contribution in [2.45, 2.75) is 37.1 Å². The van der Waals surface area contributed by atoms with Crippen LogP contribution in [0.2, 0.25) is 0 Å². The Bertz CT molecular complexity index is 450. The highest BCUT2D eigenvalue weighted by Crippen LogP contribution is 2.15. The molecule has 6 heteroatoms. The summed E-state index contributed by atoms with van der Waals surface area (Å²) in [5.74, 6) is 0. The topological polar surface area (TPSA) is 41.5 Å². The third-order valence-electron chi connectivity index (χ3n) is 4.36. The molecule has 2 aliphatic rings. The van der Waals surface area contributed by atoms with Crippen molar-refractivity contribution in [2.24, 2.45) is 0 Å². The zero-order valence-electron chi connectivity index (χ0n) is 13.4. The Kier molecular flexibility index (Phi) is 6.06. The molecule has 0 saturated carbocycles. The molecule has 2 aliphatic heterocycles. The first-order chi connectivity index (χ1) is 10.8. The normalized spacial score (nSPS) is 24.5. The maximum Gasteiger partial charge on any atom is 0.187 e. The van der Waals surface area contributed by atoms with Gasteiger partial charge in [-0.3, -0.25) is 4.90 Å². The molecule has 0 aromatic carbocycles. The van der Waals surface area contributed by atoms with Crippen LogP contribution in [0.1, 0.15) is 24.8 Å². The average Bonchev–Trinajstić information content (AvgIpc) is 2.95. The molecule has 0 unspecified atom stereocenters. The van der Waals surface area contributed by atoms with E-state index in [-0.39, 0.29) is 0 Å². The number of ether oxygens (including phenoxy) is 1. The third kappa shape index (κ3) is 4.65. The summed E-state index contributed by atoms with van der Waals surface area (Å²) in [4.78, 5) is 13.8. The Hall–Kier alpha value is -0.690. The van der Waals surface area contributed by atoms with E-state index >= 15 is 0 Å². The fraction of sp³-hybridized carbons (Fsp3) is 0.750. The van der Waals surface area contributed by atoms with Crippen LogP contribution in [-0.4, -0.2) is 71.5 Å². The fourth-order valence-electron chi connectivity index (χ4n) is 3.27. The van der Waals surface area contributed by atoms with Crippen LogP contribution < -0.4 is 0 Å². The molecule has 0 amide bonds. The summed E-state index contributed by atoms with van der Waals surface area (Å²) in [6.45, 7) is 7.49. The minimum atomic E-state index is 0.340. The first-order valence-corrected chi connectivity index (χ1v) is 9.47. The molecule has 3 heterocycles. The molecular weight excluding hydrogens is 296 g/mol. The molecule has 2 fully saturated rings. The van der Waals surface area contributed by atoms with Crippen LogP contribution in [0.3, 0.4) is 0 Å². The highest BCUT2D eigenvalue weighted by atomic mass is 32.2. The van der Waals surface area contributed by atoms with Crippen LogP contribution in [0, 0.1) is 0 Å². The summed E-state index contributed by atoms with van der Waals surface area (Å²) in [6.07, 6.45) is 10.1. The summed E-state index contributed by atoms with van der Waals surface area (Å²) < 4.78 is 6.05. The van der Waals surface area contributed by atoms with E-state index in [2.05, 4.69) is 19.8 Å². The lowest BCUT2D eigenvalue weighted by Gasteiger charge is -2.26. The van der Waals surface area contributed by atoms with Crippen LogP contribution in [0.5, 0.6) is 0 Å². The van der Waals surface area contributed by atoms with Gasteiger partial charge in [-0.05, 0) is 38.6 Å². The van der Waals surface area contributed by atoms with Crippen molar-refractivity contribution in [1.29, 1.82) is 0 Å². The van der Waals surface area contributed by atoms with Crippen LogP contribution >= 0.6 is 11.8 Å². The van der Waals surface area contributed by atoms with Crippen LogP contribution in [0.15, 0.2) is 17.6 Å². The third-order valence-corrected chi connectivity index (χ3v) is 4.94. The lowest BCUT2D eigenvalue weighted by atomic mass is 10.2. The Balaban J connectivity index is 1.54. The van der Waals surface area contributed by atoms with Gasteiger partial charge in [0.2, 0.25) is 0 Å². The molecule has 0 aliphatic carbocycles. The van der Waals surface area contributed by atoms with Gasteiger partial charge in [-0.1, -0.05) is 11.8 Å². The Labute approximate surface area is 137 Å². The first-order valence-electron chi connectivity index (χ1n) is 8.25. The van der Waals surface area contributed by atoms with Crippen molar-refractivity contribution in [3.63, 3.8) is 0 Å². The standard InChI is InChI=1S/C16H26N4OS/c1-22-16-17-9-14(10-18-16)11-20-7-4-8-21-15(13-20)12-19-5-2-3-6-19/h9-10,15H,2-8,11-13H2,1H3/t15-/m1/s1. The number of likely N-dealkylation sites (tertiary alicyclic amines) is 1. The Morgan fingerprint density at radius 1 is 1.14 bits per heavy atom. The van der Waals surface area contributed by atoms with Gasteiger partial charge >= 0.3 is 0 Å². The number of rotatable bonds is 5. The molecular formula is C16H26N4OS. The summed E-state index contributed by atoms with van der Waals surface area (Å²) in [5.41, 5.74) is 1.19. The predicted molar refractivity (Wildman–Crippen MR) is 89.1 cm³/mol. The maximum absolute atomic E-state index is 6.05. The number of thioether (sulfide) groups is 1. The summed E-state index contributed by atoms with van der Waals surface area (Å²) in [6, 6.07) is 0. The van der Waals surface area contributed by atoms with Gasteiger partial charge in [0.15, 0.2) is 5.16 Å². The van der Waals surface area contributed by atoms with E-state index in [0.717, 1.165) is 44.4 Å². The second-order valence-electron chi connectivity index (χ2n) is 6.17. The smallest absolute Gasteiger partial charge is 0.187 e. The van der Waals surface area contributed by atoms with Crippen molar-refractivity contribution in [1.82, 2.24) is 19.8 Å². The zero-order valence-corrected chi connectivity index (χ0v) is 14.2. The molecule has 1 aromatic rings. The van der Waals surface area contributed by atoms with Crippen LogP contribution in [0.4, 0.5) is 0 Å². The van der Waals surface area contributed by atoms with Gasteiger partial charge in [0.25, 0.3) is 0 Å². The van der Waals surface area contributed by atoms with Crippen molar-refractivity contribution in [3.05, 3.63) is 18.0 Å². The highest BCUT2D eigenvalue weighted by molar-refractivity contribution is 7.98. The SMILES string of the molecule is CSc1ncc(CN2CCCO[C@H](CN3CCCC3)C2)cn1. The van der Waals surface area contributed by atoms with Gasteiger partial charge in [-0.2, -0.15) is 0 Å². The molecule has 2 saturated heterocycles. The molecule has 22 heavy (non-hydrogen) atoms. The molecule has 0 N–H and O–H groups in total. The summed E-state index contributed by atoms with van der Waals surface area (Å²) in [5, 5.41) is 0.842. The largest absolute Gasteiger partial charge is 0.376 e. The molecule has 1 aromatic heterocycles. The second-order valence-corrected chi connectivity index (χ2v) is 6.94. The van der Waals surface area contributed by atoms with Crippen molar-refractivity contribution in [2.75, 3.05) is 45.6 Å². The molecule has 122 valence electrons. The molecule has 5 nitrogen and oxygen atoms in total. The van der Waals surface area contributed by atoms with Gasteiger partial charge in [0.1, 0.15) is 0 Å². The van der Waals surface area contributed by atoms with Gasteiger partial charge in [0, 0.05) is 50.7 Å². The maximum atomic E-state index is 6.05. The van der Waals surface area contributed by atoms with E-state index < -0.39 is 0 Å². The number of aromatic nitrogens is 2. The Morgan fingerprint density at radius 3 is 2.59 bits per heavy atom. The van der Waals surface area contributed by atoms with E-state index in [1.165, 1.54) is 31.5 Å². The minimum absolute atomic E-state index is 0.340. The van der Waals surface area contributed by atoms with E-state index in [1.54, 1.807) is 11.8 Å². The number of nitrogens with zero attached hydrogens (tertiary/aromatic N) is 4. The summed E-state index contributed by atoms with van der Waals surface area (Å²) in [7, 11) is 0. The number of hydrogen-bond donors (Lipinski definition) is 0. The number of hydrogen-bond acceptors (Lipinski definition) is 6. The van der Waals surface area contributed by atoms with Gasteiger partial charge in [-0.25, -0.2) is 9.97 Å². The monoisotopic (exact) mass is 322 g/mol. The Morgan fingerprint density at radius 2 is 1.86 bits per heavy atom. The van der Waals surface area contributed by atoms with Crippen molar-refractivity contribution < 1.29 is 4.74 Å². The molecule has 0 radical (unpaired) electrons. The van der Waals surface area contributed by atoms with Crippen molar-refractivity contribution in [3.8, 4) is 0 Å². The zero-order chi connectivity index (χ0) is 15.2. The minimum Gasteiger partial charge on any atom is -0.376 e. The van der Waals surface area contributed by atoms with Gasteiger partial charge < -0.3 is 9.64 Å². The average molecular weight is 322 g/mol. The van der Waals surface area contributed by atoms with Crippen LogP contribution in [0.25, 0.3) is 0 Å². The second kappa shape index (κ2) is 8.24. The molecule has 0 bridgehead atoms. The molecule has 0 spiro atoms. The lowest BCUT2D eigenvalue weighted by Crippen LogP contribution is -2.39. The lowest BCUT2D eigenvalue weighted by molar-refractivity contribution is 0.0307. The van der Waals surface area contributed by atoms with Crippen LogP contribution in [-0.2, 0) is 11.3 Å². The van der Waals surface area contributed by atoms with E-state index in [9.17, 15) is 0 Å². The quantitative estimate of drug-likeness (QED) is 0.609. The van der Waals surface area contributed by atoms with E-state index in [0.29, 0.717) is 6.10 Å². The van der Waals surface area contributed by atoms with E-state index in [1.807, 2.05) is 18.6 Å². The molecule has 3 rings (SSSR count). The van der Waals surface area contributed by atoms with Crippen molar-refractivity contribution >= 4 is 11.8 Å². The van der Waals surface area contributed by atoms with Gasteiger partial charge in [-0.15, -0.1) is 0 Å². The first kappa shape index (κ1) is 16.2. The van der Waals surface area contributed by atoms with Gasteiger partial charge in [0.05, 0.1) is 6.10 Å². The highest BCUT2D eigenvalue weighted by Gasteiger charge is 2.23. The fourth-order valence-corrected chi connectivity index (χ4v) is 3.58. The van der Waals surface area contributed by atoms with E-state index in [4.69, 9.17) is 4.74 Å².